The zero-order valence-corrected chi connectivity index (χ0v) is 13.2. The Morgan fingerprint density at radius 3 is 2.62 bits per heavy atom. The SMILES string of the molecule is CC(N)CNc1ccc2c(c1)C(=O)N(C1CCC(=O)NC1=O)C2=O. The van der Waals surface area contributed by atoms with Gasteiger partial charge in [-0.15, -0.1) is 0 Å². The Hall–Kier alpha value is -2.74. The number of hydrogen-bond donors (Lipinski definition) is 3. The lowest BCUT2D eigenvalue weighted by Gasteiger charge is -2.27. The number of nitrogens with one attached hydrogen (secondary N) is 2. The third-order valence-electron chi connectivity index (χ3n) is 4.07. The van der Waals surface area contributed by atoms with Gasteiger partial charge in [0.1, 0.15) is 6.04 Å². The van der Waals surface area contributed by atoms with Gasteiger partial charge in [-0.2, -0.15) is 0 Å². The van der Waals surface area contributed by atoms with Gasteiger partial charge in [0.2, 0.25) is 11.8 Å². The van der Waals surface area contributed by atoms with Crippen molar-refractivity contribution in [3.8, 4) is 0 Å². The van der Waals surface area contributed by atoms with E-state index in [0.29, 0.717) is 12.2 Å². The molecule has 0 aromatic heterocycles. The zero-order chi connectivity index (χ0) is 17.4. The Labute approximate surface area is 138 Å². The number of hydrogen-bond acceptors (Lipinski definition) is 6. The molecule has 4 amide bonds. The molecular weight excluding hydrogens is 312 g/mol. The number of rotatable bonds is 4. The molecule has 2 aliphatic rings. The molecule has 0 radical (unpaired) electrons. The van der Waals surface area contributed by atoms with Gasteiger partial charge < -0.3 is 11.1 Å². The Kier molecular flexibility index (Phi) is 4.06. The van der Waals surface area contributed by atoms with E-state index in [2.05, 4.69) is 10.6 Å². The zero-order valence-electron chi connectivity index (χ0n) is 13.2. The topological polar surface area (TPSA) is 122 Å². The van der Waals surface area contributed by atoms with Crippen molar-refractivity contribution in [1.29, 1.82) is 0 Å². The van der Waals surface area contributed by atoms with Crippen molar-refractivity contribution in [1.82, 2.24) is 10.2 Å². The normalized spacial score (nSPS) is 21.6. The third-order valence-corrected chi connectivity index (χ3v) is 4.07. The van der Waals surface area contributed by atoms with E-state index in [-0.39, 0.29) is 30.0 Å². The highest BCUT2D eigenvalue weighted by molar-refractivity contribution is 6.23. The smallest absolute Gasteiger partial charge is 0.262 e. The fourth-order valence-corrected chi connectivity index (χ4v) is 2.86. The fourth-order valence-electron chi connectivity index (χ4n) is 2.86. The van der Waals surface area contributed by atoms with Crippen LogP contribution in [0.2, 0.25) is 0 Å². The number of imide groups is 2. The summed E-state index contributed by atoms with van der Waals surface area (Å²) in [4.78, 5) is 49.3. The van der Waals surface area contributed by atoms with Crippen molar-refractivity contribution < 1.29 is 19.2 Å². The van der Waals surface area contributed by atoms with Crippen LogP contribution in [-0.2, 0) is 9.59 Å². The minimum atomic E-state index is -0.949. The lowest BCUT2D eigenvalue weighted by molar-refractivity contribution is -0.136. The number of carbonyl (C=O) groups excluding carboxylic acids is 4. The summed E-state index contributed by atoms with van der Waals surface area (Å²) >= 11 is 0. The van der Waals surface area contributed by atoms with E-state index in [1.165, 1.54) is 0 Å². The summed E-state index contributed by atoms with van der Waals surface area (Å²) in [5.74, 6) is -2.04. The number of benzene rings is 1. The van der Waals surface area contributed by atoms with Crippen LogP contribution in [0.4, 0.5) is 5.69 Å². The first-order chi connectivity index (χ1) is 11.4. The van der Waals surface area contributed by atoms with Gasteiger partial charge in [-0.3, -0.25) is 29.4 Å². The average Bonchev–Trinajstić information content (AvgIpc) is 2.77. The summed E-state index contributed by atoms with van der Waals surface area (Å²) in [5.41, 5.74) is 6.87. The van der Waals surface area contributed by atoms with Gasteiger partial charge in [0.15, 0.2) is 0 Å². The number of anilines is 1. The average molecular weight is 330 g/mol. The molecule has 0 bridgehead atoms. The third kappa shape index (κ3) is 2.76. The number of carbonyl (C=O) groups is 4. The molecule has 2 aliphatic heterocycles. The molecule has 0 aliphatic carbocycles. The number of fused-ring (bicyclic) bond motifs is 1. The Balaban J connectivity index is 1.85. The summed E-state index contributed by atoms with van der Waals surface area (Å²) in [6.45, 7) is 2.37. The maximum Gasteiger partial charge on any atom is 0.262 e. The van der Waals surface area contributed by atoms with Gasteiger partial charge in [0, 0.05) is 24.7 Å². The second-order valence-corrected chi connectivity index (χ2v) is 6.07. The molecule has 2 heterocycles. The van der Waals surface area contributed by atoms with Crippen molar-refractivity contribution in [2.45, 2.75) is 31.8 Å². The maximum absolute atomic E-state index is 12.6. The molecular formula is C16H18N4O4. The number of amides is 4. The monoisotopic (exact) mass is 330 g/mol. The second-order valence-electron chi connectivity index (χ2n) is 6.07. The lowest BCUT2D eigenvalue weighted by atomic mass is 10.0. The minimum Gasteiger partial charge on any atom is -0.383 e. The highest BCUT2D eigenvalue weighted by Crippen LogP contribution is 2.29. The molecule has 1 fully saturated rings. The van der Waals surface area contributed by atoms with Gasteiger partial charge >= 0.3 is 0 Å². The summed E-state index contributed by atoms with van der Waals surface area (Å²) in [6.07, 6.45) is 0.247. The molecule has 8 nitrogen and oxygen atoms in total. The van der Waals surface area contributed by atoms with Crippen LogP contribution < -0.4 is 16.4 Å². The van der Waals surface area contributed by atoms with E-state index in [4.69, 9.17) is 5.73 Å². The summed E-state index contributed by atoms with van der Waals surface area (Å²) in [5, 5.41) is 5.26. The highest BCUT2D eigenvalue weighted by Gasteiger charge is 2.44. The molecule has 8 heteroatoms. The van der Waals surface area contributed by atoms with Crippen LogP contribution in [-0.4, -0.2) is 47.2 Å². The molecule has 4 N–H and O–H groups in total. The molecule has 0 saturated carbocycles. The lowest BCUT2D eigenvalue weighted by Crippen LogP contribution is -2.54. The van der Waals surface area contributed by atoms with Crippen molar-refractivity contribution in [2.24, 2.45) is 5.73 Å². The van der Waals surface area contributed by atoms with Gasteiger partial charge in [-0.05, 0) is 31.5 Å². The number of nitrogens with two attached hydrogens (primary N) is 1. The molecule has 24 heavy (non-hydrogen) atoms. The van der Waals surface area contributed by atoms with E-state index >= 15 is 0 Å². The van der Waals surface area contributed by atoms with Crippen LogP contribution in [0, 0.1) is 0 Å². The molecule has 0 spiro atoms. The van der Waals surface area contributed by atoms with Gasteiger partial charge in [0.05, 0.1) is 11.1 Å². The first-order valence-electron chi connectivity index (χ1n) is 7.73. The second kappa shape index (κ2) is 6.04. The Morgan fingerprint density at radius 2 is 1.96 bits per heavy atom. The molecule has 1 aromatic rings. The van der Waals surface area contributed by atoms with Crippen LogP contribution in [0.5, 0.6) is 0 Å². The van der Waals surface area contributed by atoms with E-state index in [0.717, 1.165) is 4.90 Å². The van der Waals surface area contributed by atoms with Gasteiger partial charge in [-0.1, -0.05) is 0 Å². The van der Waals surface area contributed by atoms with E-state index in [1.54, 1.807) is 18.2 Å². The predicted octanol–water partition coefficient (Wildman–Crippen LogP) is -0.153. The van der Waals surface area contributed by atoms with Crippen molar-refractivity contribution >= 4 is 29.3 Å². The minimum absolute atomic E-state index is 0.0597. The number of nitrogens with zero attached hydrogens (tertiary/aromatic N) is 1. The Morgan fingerprint density at radius 1 is 1.25 bits per heavy atom. The summed E-state index contributed by atoms with van der Waals surface area (Å²) < 4.78 is 0. The summed E-state index contributed by atoms with van der Waals surface area (Å²) in [7, 11) is 0. The molecule has 1 saturated heterocycles. The Bertz CT molecular complexity index is 744. The predicted molar refractivity (Wildman–Crippen MR) is 85.3 cm³/mol. The molecule has 2 atom stereocenters. The van der Waals surface area contributed by atoms with Crippen LogP contribution >= 0.6 is 0 Å². The van der Waals surface area contributed by atoms with Gasteiger partial charge in [-0.25, -0.2) is 0 Å². The summed E-state index contributed by atoms with van der Waals surface area (Å²) in [6, 6.07) is 3.83. The highest BCUT2D eigenvalue weighted by atomic mass is 16.2. The molecule has 126 valence electrons. The molecule has 3 rings (SSSR count). The molecule has 1 aromatic carbocycles. The quantitative estimate of drug-likeness (QED) is 0.660. The fraction of sp³-hybridized carbons (Fsp3) is 0.375. The van der Waals surface area contributed by atoms with Crippen molar-refractivity contribution in [2.75, 3.05) is 11.9 Å². The van der Waals surface area contributed by atoms with Crippen LogP contribution in [0.1, 0.15) is 40.5 Å². The van der Waals surface area contributed by atoms with Crippen LogP contribution in [0.25, 0.3) is 0 Å². The first-order valence-corrected chi connectivity index (χ1v) is 7.73. The van der Waals surface area contributed by atoms with E-state index < -0.39 is 29.7 Å². The van der Waals surface area contributed by atoms with Crippen molar-refractivity contribution in [3.05, 3.63) is 29.3 Å². The molecule has 2 unspecified atom stereocenters. The standard InChI is InChI=1S/C16H18N4O4/c1-8(17)7-18-9-2-3-10-11(6-9)16(24)20(15(10)23)12-4-5-13(21)19-14(12)22/h2-3,6,8,12,18H,4-5,7,17H2,1H3,(H,19,21,22). The van der Waals surface area contributed by atoms with Crippen molar-refractivity contribution in [3.63, 3.8) is 0 Å². The van der Waals surface area contributed by atoms with E-state index in [1.807, 2.05) is 6.92 Å². The van der Waals surface area contributed by atoms with Crippen LogP contribution in [0.3, 0.4) is 0 Å². The maximum atomic E-state index is 12.6. The number of piperidine rings is 1. The van der Waals surface area contributed by atoms with E-state index in [9.17, 15) is 19.2 Å². The first kappa shape index (κ1) is 16.1. The van der Waals surface area contributed by atoms with Crippen LogP contribution in [0.15, 0.2) is 18.2 Å². The van der Waals surface area contributed by atoms with Gasteiger partial charge in [0.25, 0.3) is 11.8 Å². The largest absolute Gasteiger partial charge is 0.383 e.